The lowest BCUT2D eigenvalue weighted by molar-refractivity contribution is 0.348. The predicted octanol–water partition coefficient (Wildman–Crippen LogP) is 3.07. The van der Waals surface area contributed by atoms with Crippen molar-refractivity contribution in [2.45, 2.75) is 32.1 Å². The molecule has 0 atom stereocenters. The van der Waals surface area contributed by atoms with Gasteiger partial charge in [-0.15, -0.1) is 0 Å². The monoisotopic (exact) mass is 230 g/mol. The summed E-state index contributed by atoms with van der Waals surface area (Å²) in [6.07, 6.45) is 3.38. The zero-order chi connectivity index (χ0) is 12.0. The highest BCUT2D eigenvalue weighted by Gasteiger charge is 2.25. The molecular weight excluding hydrogens is 216 g/mol. The van der Waals surface area contributed by atoms with E-state index in [1.54, 1.807) is 6.07 Å². The Kier molecular flexibility index (Phi) is 2.21. The van der Waals surface area contributed by atoms with Crippen molar-refractivity contribution < 1.29 is 9.52 Å². The van der Waals surface area contributed by atoms with Crippen LogP contribution in [0.5, 0.6) is 5.75 Å². The van der Waals surface area contributed by atoms with Crippen LogP contribution in [0.25, 0.3) is 11.0 Å². The van der Waals surface area contributed by atoms with Crippen molar-refractivity contribution in [1.82, 2.24) is 0 Å². The molecule has 1 saturated carbocycles. The first kappa shape index (κ1) is 10.4. The Bertz CT molecular complexity index is 636. The average Bonchev–Trinajstić information content (AvgIpc) is 2.22. The van der Waals surface area contributed by atoms with Crippen LogP contribution in [0.3, 0.4) is 0 Å². The maximum Gasteiger partial charge on any atom is 0.195 e. The third-order valence-corrected chi connectivity index (χ3v) is 3.62. The summed E-state index contributed by atoms with van der Waals surface area (Å²) in [5.41, 5.74) is 1.23. The molecule has 0 radical (unpaired) electrons. The van der Waals surface area contributed by atoms with Crippen molar-refractivity contribution in [3.05, 3.63) is 39.7 Å². The quantitative estimate of drug-likeness (QED) is 0.819. The number of fused-ring (bicyclic) bond motifs is 1. The van der Waals surface area contributed by atoms with Gasteiger partial charge >= 0.3 is 0 Å². The van der Waals surface area contributed by atoms with Crippen LogP contribution in [0.4, 0.5) is 0 Å². The molecule has 1 aromatic heterocycles. The molecule has 1 aromatic carbocycles. The van der Waals surface area contributed by atoms with Crippen LogP contribution in [0.2, 0.25) is 0 Å². The molecule has 1 fully saturated rings. The molecule has 0 aliphatic heterocycles. The third-order valence-electron chi connectivity index (χ3n) is 3.62. The summed E-state index contributed by atoms with van der Waals surface area (Å²) in [5, 5.41) is 9.97. The van der Waals surface area contributed by atoms with E-state index in [0.29, 0.717) is 22.5 Å². The number of rotatable bonds is 1. The van der Waals surface area contributed by atoms with Gasteiger partial charge in [-0.3, -0.25) is 4.79 Å². The summed E-state index contributed by atoms with van der Waals surface area (Å²) < 4.78 is 5.80. The van der Waals surface area contributed by atoms with Gasteiger partial charge in [-0.25, -0.2) is 0 Å². The molecule has 2 aromatic rings. The number of hydrogen-bond donors (Lipinski definition) is 1. The Balaban J connectivity index is 2.30. The van der Waals surface area contributed by atoms with E-state index in [9.17, 15) is 9.90 Å². The van der Waals surface area contributed by atoms with E-state index in [1.165, 1.54) is 18.6 Å². The van der Waals surface area contributed by atoms with Crippen LogP contribution in [0.1, 0.15) is 36.5 Å². The van der Waals surface area contributed by atoms with E-state index in [-0.39, 0.29) is 11.2 Å². The van der Waals surface area contributed by atoms with E-state index in [4.69, 9.17) is 4.42 Å². The summed E-state index contributed by atoms with van der Waals surface area (Å²) in [5.74, 6) is 1.32. The maximum absolute atomic E-state index is 12.2. The number of hydrogen-bond acceptors (Lipinski definition) is 3. The van der Waals surface area contributed by atoms with Crippen molar-refractivity contribution in [2.75, 3.05) is 0 Å². The topological polar surface area (TPSA) is 50.4 Å². The number of benzene rings is 1. The first-order valence-corrected chi connectivity index (χ1v) is 5.93. The van der Waals surface area contributed by atoms with Crippen LogP contribution in [-0.2, 0) is 0 Å². The molecule has 0 spiro atoms. The van der Waals surface area contributed by atoms with E-state index in [0.717, 1.165) is 18.6 Å². The van der Waals surface area contributed by atoms with Gasteiger partial charge in [0.2, 0.25) is 0 Å². The van der Waals surface area contributed by atoms with Crippen molar-refractivity contribution in [2.24, 2.45) is 0 Å². The Morgan fingerprint density at radius 2 is 2.12 bits per heavy atom. The third kappa shape index (κ3) is 1.54. The van der Waals surface area contributed by atoms with Gasteiger partial charge in [-0.1, -0.05) is 6.42 Å². The molecule has 3 rings (SSSR count). The number of phenolic OH excluding ortho intramolecular Hbond substituents is 1. The first-order chi connectivity index (χ1) is 8.16. The molecule has 88 valence electrons. The predicted molar refractivity (Wildman–Crippen MR) is 65.5 cm³/mol. The van der Waals surface area contributed by atoms with Crippen LogP contribution < -0.4 is 5.43 Å². The fraction of sp³-hybridized carbons (Fsp3) is 0.357. The Morgan fingerprint density at radius 3 is 2.76 bits per heavy atom. The molecule has 3 heteroatoms. The maximum atomic E-state index is 12.2. The molecule has 0 bridgehead atoms. The molecule has 0 saturated heterocycles. The van der Waals surface area contributed by atoms with Gasteiger partial charge in [0, 0.05) is 17.5 Å². The van der Waals surface area contributed by atoms with Gasteiger partial charge in [-0.2, -0.15) is 0 Å². The van der Waals surface area contributed by atoms with Gasteiger partial charge < -0.3 is 9.52 Å². The molecule has 1 aliphatic carbocycles. The standard InChI is InChI=1S/C14H14O3/c1-8-13(16)11-6-5-10(15)7-12(11)17-14(8)9-3-2-4-9/h5-7,9,15H,2-4H2,1H3. The van der Waals surface area contributed by atoms with E-state index in [1.807, 2.05) is 6.92 Å². The van der Waals surface area contributed by atoms with Crippen molar-refractivity contribution in [1.29, 1.82) is 0 Å². The molecule has 1 N–H and O–H groups in total. The lowest BCUT2D eigenvalue weighted by Crippen LogP contribution is -2.16. The van der Waals surface area contributed by atoms with Crippen LogP contribution in [0, 0.1) is 6.92 Å². The Hall–Kier alpha value is -1.77. The van der Waals surface area contributed by atoms with Crippen molar-refractivity contribution in [3.63, 3.8) is 0 Å². The lowest BCUT2D eigenvalue weighted by Gasteiger charge is -2.25. The number of aromatic hydroxyl groups is 1. The van der Waals surface area contributed by atoms with Gasteiger partial charge in [0.05, 0.1) is 5.39 Å². The minimum Gasteiger partial charge on any atom is -0.508 e. The highest BCUT2D eigenvalue weighted by molar-refractivity contribution is 5.78. The minimum atomic E-state index is 0.0214. The van der Waals surface area contributed by atoms with Gasteiger partial charge in [0.1, 0.15) is 17.1 Å². The second kappa shape index (κ2) is 3.62. The second-order valence-electron chi connectivity index (χ2n) is 4.73. The highest BCUT2D eigenvalue weighted by Crippen LogP contribution is 2.38. The summed E-state index contributed by atoms with van der Waals surface area (Å²) in [6.45, 7) is 1.83. The highest BCUT2D eigenvalue weighted by atomic mass is 16.3. The SMILES string of the molecule is Cc1c(C2CCC2)oc2cc(O)ccc2c1=O. The minimum absolute atomic E-state index is 0.0214. The van der Waals surface area contributed by atoms with Gasteiger partial charge in [0.25, 0.3) is 0 Å². The van der Waals surface area contributed by atoms with E-state index >= 15 is 0 Å². The number of phenols is 1. The molecule has 1 aliphatic rings. The molecule has 0 amide bonds. The summed E-state index contributed by atoms with van der Waals surface area (Å²) in [4.78, 5) is 12.2. The summed E-state index contributed by atoms with van der Waals surface area (Å²) in [7, 11) is 0. The van der Waals surface area contributed by atoms with E-state index in [2.05, 4.69) is 0 Å². The largest absolute Gasteiger partial charge is 0.508 e. The molecular formula is C14H14O3. The molecule has 0 unspecified atom stereocenters. The van der Waals surface area contributed by atoms with Gasteiger partial charge in [-0.05, 0) is 31.9 Å². The first-order valence-electron chi connectivity index (χ1n) is 5.93. The Labute approximate surface area is 98.7 Å². The summed E-state index contributed by atoms with van der Waals surface area (Å²) >= 11 is 0. The zero-order valence-corrected chi connectivity index (χ0v) is 9.69. The van der Waals surface area contributed by atoms with E-state index < -0.39 is 0 Å². The van der Waals surface area contributed by atoms with Crippen LogP contribution >= 0.6 is 0 Å². The molecule has 1 heterocycles. The average molecular weight is 230 g/mol. The summed E-state index contributed by atoms with van der Waals surface area (Å²) in [6, 6.07) is 4.65. The van der Waals surface area contributed by atoms with Crippen molar-refractivity contribution >= 4 is 11.0 Å². The second-order valence-corrected chi connectivity index (χ2v) is 4.73. The smallest absolute Gasteiger partial charge is 0.195 e. The molecule has 17 heavy (non-hydrogen) atoms. The lowest BCUT2D eigenvalue weighted by atomic mass is 9.82. The van der Waals surface area contributed by atoms with Gasteiger partial charge in [0.15, 0.2) is 5.43 Å². The van der Waals surface area contributed by atoms with Crippen LogP contribution in [0.15, 0.2) is 27.4 Å². The molecule has 3 nitrogen and oxygen atoms in total. The fourth-order valence-corrected chi connectivity index (χ4v) is 2.35. The zero-order valence-electron chi connectivity index (χ0n) is 9.69. The fourth-order valence-electron chi connectivity index (χ4n) is 2.35. The normalized spacial score (nSPS) is 16.1. The Morgan fingerprint density at radius 1 is 1.35 bits per heavy atom. The van der Waals surface area contributed by atoms with Crippen molar-refractivity contribution in [3.8, 4) is 5.75 Å². The van der Waals surface area contributed by atoms with Crippen LogP contribution in [-0.4, -0.2) is 5.11 Å².